The molecule has 9 rings (SSSR count). The number of nitrogens with zero attached hydrogens (tertiary/aromatic N) is 9. The number of nitrogens with one attached hydrogen (secondary N) is 4. The summed E-state index contributed by atoms with van der Waals surface area (Å²) in [5, 5.41) is 19.4. The molecule has 2 aromatic carbocycles. The second-order valence-electron chi connectivity index (χ2n) is 26.4. The number of ether oxygens (including phenoxy) is 12. The highest BCUT2D eigenvalue weighted by molar-refractivity contribution is 7.90. The number of unbranched alkanes of at least 4 members (excludes halogenated alkanes) is 1. The number of amides is 4. The molecule has 2 aliphatic heterocycles. The van der Waals surface area contributed by atoms with Gasteiger partial charge in [0.1, 0.15) is 44.4 Å². The van der Waals surface area contributed by atoms with Crippen molar-refractivity contribution in [1.82, 2.24) is 59.8 Å². The zero-order valence-electron chi connectivity index (χ0n) is 64.3. The predicted molar refractivity (Wildman–Crippen MR) is 406 cm³/mol. The number of nitrogens with two attached hydrogens (primary N) is 1. The van der Waals surface area contributed by atoms with Crippen molar-refractivity contribution in [3.05, 3.63) is 129 Å². The molecule has 2 atom stereocenters. The molecule has 2 aliphatic rings. The average Bonchev–Trinajstić information content (AvgIpc) is 1.52. The van der Waals surface area contributed by atoms with E-state index in [0.717, 1.165) is 22.8 Å². The summed E-state index contributed by atoms with van der Waals surface area (Å²) in [6, 6.07) is 14.1. The Labute approximate surface area is 658 Å². The highest BCUT2D eigenvalue weighted by Gasteiger charge is 2.51. The molecule has 0 fully saturated rings. The van der Waals surface area contributed by atoms with E-state index in [1.54, 1.807) is 62.0 Å². The van der Waals surface area contributed by atoms with E-state index in [4.69, 9.17) is 72.0 Å². The van der Waals surface area contributed by atoms with Crippen molar-refractivity contribution in [2.75, 3.05) is 156 Å². The van der Waals surface area contributed by atoms with Crippen LogP contribution in [0.15, 0.2) is 93.8 Å². The molecular weight excluding hydrogens is 1530 g/mol. The van der Waals surface area contributed by atoms with E-state index < -0.39 is 86.0 Å². The second-order valence-corrected chi connectivity index (χ2v) is 30.3. The number of carbonyl (C=O) groups is 6. The summed E-state index contributed by atoms with van der Waals surface area (Å²) >= 11 is 0. The van der Waals surface area contributed by atoms with Gasteiger partial charge in [-0.2, -0.15) is 4.31 Å². The molecule has 0 radical (unpaired) electrons. The molecule has 4 amide bonds. The van der Waals surface area contributed by atoms with Crippen LogP contribution in [0.4, 0.5) is 10.5 Å². The zero-order chi connectivity index (χ0) is 81.5. The van der Waals surface area contributed by atoms with Crippen molar-refractivity contribution in [3.63, 3.8) is 0 Å². The van der Waals surface area contributed by atoms with Crippen LogP contribution in [-0.4, -0.2) is 260 Å². The van der Waals surface area contributed by atoms with Crippen molar-refractivity contribution in [3.8, 4) is 22.8 Å². The molecule has 7 aromatic rings. The summed E-state index contributed by atoms with van der Waals surface area (Å²) in [6.07, 6.45) is 7.84. The monoisotopic (exact) mass is 1630 g/mol. The van der Waals surface area contributed by atoms with Gasteiger partial charge in [0.25, 0.3) is 11.5 Å². The van der Waals surface area contributed by atoms with Crippen molar-refractivity contribution in [2.45, 2.75) is 109 Å². The number of sulfone groups is 1. The van der Waals surface area contributed by atoms with Crippen LogP contribution < -0.4 is 32.6 Å². The fourth-order valence-corrected chi connectivity index (χ4v) is 13.8. The van der Waals surface area contributed by atoms with E-state index in [1.165, 1.54) is 33.8 Å². The lowest BCUT2D eigenvalue weighted by molar-refractivity contribution is -0.175. The molecule has 7 heterocycles. The maximum Gasteiger partial charge on any atom is 0.510 e. The van der Waals surface area contributed by atoms with Gasteiger partial charge < -0.3 is 92.8 Å². The number of carbonyl (C=O) groups excluding carboxylic acids is 6. The number of hydrogen-bond acceptors (Lipinski definition) is 31. The minimum absolute atomic E-state index is 0.00109. The molecule has 0 aliphatic carbocycles. The summed E-state index contributed by atoms with van der Waals surface area (Å²) in [5.41, 5.74) is 8.15. The standard InChI is InChI=1S/C74H98N14O24S2/c1-6-74(59-39-63-66-57(44-87(63)70(93)58(59)46-110-71(74)94)55(56-11-7-8-12-60(56)82-66)18-21-88(50(2)3)114(5,98)99)112-73(95)111-45-51-14-16-53(17-15-51)80-68(92)61(13-9-10-19-75)81-65(90)49-108-48-64(89)76-20-23-100-25-27-102-29-31-104-33-35-106-37-38-107-36-34-105-32-30-103-28-26-101-24-22-86-43-54(84-85-86)42-77-67(91)62-47-109-69(83-62)52-40-78-72(79-41-52)113(4,96)97/h7-8,11-12,14-17,39-41,43,47,50,61H,6,9-10,13,18-38,42,44-46,48-49,75H2,1-5H3,(H,76,89)(H,77,91)(H,80,92)(H,81,90)/t61-,74-/m0/s1. The summed E-state index contributed by atoms with van der Waals surface area (Å²) < 4.78 is 125. The number of rotatable bonds is 52. The molecule has 38 nitrogen and oxygen atoms in total. The van der Waals surface area contributed by atoms with Gasteiger partial charge in [-0.3, -0.25) is 24.0 Å². The molecule has 0 saturated carbocycles. The number of cyclic esters (lactones) is 1. The van der Waals surface area contributed by atoms with Crippen LogP contribution in [0.5, 0.6) is 0 Å². The highest BCUT2D eigenvalue weighted by Crippen LogP contribution is 2.42. The fraction of sp³-hybridized carbons (Fsp3) is 0.527. The molecule has 0 bridgehead atoms. The molecule has 0 spiro atoms. The van der Waals surface area contributed by atoms with Crippen LogP contribution in [0.3, 0.4) is 0 Å². The largest absolute Gasteiger partial charge is 0.510 e. The van der Waals surface area contributed by atoms with E-state index >= 15 is 0 Å². The number of fused-ring (bicyclic) bond motifs is 5. The lowest BCUT2D eigenvalue weighted by Crippen LogP contribution is -2.47. The molecule has 5 aromatic heterocycles. The second kappa shape index (κ2) is 44.3. The lowest BCUT2D eigenvalue weighted by atomic mass is 9.85. The van der Waals surface area contributed by atoms with Crippen molar-refractivity contribution in [2.24, 2.45) is 5.73 Å². The molecule has 6 N–H and O–H groups in total. The minimum Gasteiger partial charge on any atom is -0.457 e. The third kappa shape index (κ3) is 26.2. The molecular formula is C74H98N14O24S2. The third-order valence-corrected chi connectivity index (χ3v) is 20.1. The third-order valence-electron chi connectivity index (χ3n) is 17.8. The minimum atomic E-state index is -3.57. The summed E-state index contributed by atoms with van der Waals surface area (Å²) in [6.45, 7) is 10.7. The highest BCUT2D eigenvalue weighted by atomic mass is 32.2. The number of anilines is 1. The van der Waals surface area contributed by atoms with Crippen LogP contribution in [0.25, 0.3) is 33.7 Å². The fourth-order valence-electron chi connectivity index (χ4n) is 12.1. The Bertz CT molecular complexity index is 4640. The summed E-state index contributed by atoms with van der Waals surface area (Å²) in [5.74, 6) is -2.99. The van der Waals surface area contributed by atoms with Gasteiger partial charge in [-0.1, -0.05) is 42.5 Å². The molecule has 40 heteroatoms. The molecule has 0 unspecified atom stereocenters. The van der Waals surface area contributed by atoms with Gasteiger partial charge in [0.2, 0.25) is 54.2 Å². The summed E-state index contributed by atoms with van der Waals surface area (Å²) in [4.78, 5) is 110. The normalized spacial score (nSPS) is 14.2. The van der Waals surface area contributed by atoms with Crippen LogP contribution in [0.1, 0.15) is 90.5 Å². The number of esters is 1. The van der Waals surface area contributed by atoms with Crippen molar-refractivity contribution >= 4 is 72.2 Å². The van der Waals surface area contributed by atoms with Crippen LogP contribution in [-0.2, 0) is 141 Å². The Hall–Kier alpha value is -9.69. The van der Waals surface area contributed by atoms with Gasteiger partial charge in [-0.25, -0.2) is 51.0 Å². The topological polar surface area (TPSA) is 476 Å². The predicted octanol–water partition coefficient (Wildman–Crippen LogP) is 2.54. The quantitative estimate of drug-likeness (QED) is 0.0208. The van der Waals surface area contributed by atoms with Gasteiger partial charge >= 0.3 is 12.1 Å². The van der Waals surface area contributed by atoms with E-state index in [2.05, 4.69) is 46.5 Å². The number of pyridine rings is 2. The zero-order valence-corrected chi connectivity index (χ0v) is 65.9. The maximum absolute atomic E-state index is 14.4. The van der Waals surface area contributed by atoms with E-state index in [-0.39, 0.29) is 99.4 Å². The smallest absolute Gasteiger partial charge is 0.457 e. The van der Waals surface area contributed by atoms with Crippen LogP contribution in [0.2, 0.25) is 0 Å². The van der Waals surface area contributed by atoms with Gasteiger partial charge in [0, 0.05) is 60.0 Å². The van der Waals surface area contributed by atoms with Gasteiger partial charge in [0.15, 0.2) is 5.69 Å². The van der Waals surface area contributed by atoms with Gasteiger partial charge in [-0.15, -0.1) is 5.10 Å². The number of benzene rings is 2. The number of hydrogen-bond donors (Lipinski definition) is 5. The van der Waals surface area contributed by atoms with Gasteiger partial charge in [0.05, 0.1) is 166 Å². The van der Waals surface area contributed by atoms with E-state index in [9.17, 15) is 50.4 Å². The van der Waals surface area contributed by atoms with Crippen LogP contribution in [0, 0.1) is 0 Å². The maximum atomic E-state index is 14.4. The Balaban J connectivity index is 0.552. The Kier molecular flexibility index (Phi) is 34.3. The van der Waals surface area contributed by atoms with E-state index in [1.807, 2.05) is 24.3 Å². The Morgan fingerprint density at radius 1 is 0.737 bits per heavy atom. The first-order valence-electron chi connectivity index (χ1n) is 37.1. The number of oxazole rings is 1. The molecule has 114 heavy (non-hydrogen) atoms. The van der Waals surface area contributed by atoms with Crippen LogP contribution >= 0.6 is 0 Å². The number of sulfonamides is 1. The Morgan fingerprint density at radius 2 is 1.36 bits per heavy atom. The first-order valence-corrected chi connectivity index (χ1v) is 40.9. The molecule has 0 saturated heterocycles. The Morgan fingerprint density at radius 3 is 1.97 bits per heavy atom. The van der Waals surface area contributed by atoms with E-state index in [0.29, 0.717) is 164 Å². The average molecular weight is 1630 g/mol. The molecule has 620 valence electrons. The lowest BCUT2D eigenvalue weighted by Gasteiger charge is -2.35. The number of para-hydroxylation sites is 1. The first kappa shape index (κ1) is 88.3. The van der Waals surface area contributed by atoms with Crippen molar-refractivity contribution < 1.29 is 107 Å². The van der Waals surface area contributed by atoms with Crippen molar-refractivity contribution in [1.29, 1.82) is 0 Å². The SMILES string of the molecule is CC[C@@]1(OC(=O)OCc2ccc(NC(=O)[C@H](CCCCN)NC(=O)COCC(=O)NCCOCCOCCOCCOCCOCCOCCOCCOCCn3cc(CNC(=O)c4coc(-c5cnc(S(C)(=O)=O)nc5)n4)nn3)cc2)C(=O)OCc2c1cc1n(c2=O)Cc2c-1nc1ccccc1c2CCN(C(C)C)S(C)(=O)=O. The van der Waals surface area contributed by atoms with Gasteiger partial charge in [-0.05, 0) is 87.9 Å². The summed E-state index contributed by atoms with van der Waals surface area (Å²) in [7, 11) is -7.12. The first-order chi connectivity index (χ1) is 55.0. The number of aromatic nitrogens is 8.